The van der Waals surface area contributed by atoms with E-state index in [1.54, 1.807) is 23.1 Å². The number of hydrogen-bond acceptors (Lipinski definition) is 4. The van der Waals surface area contributed by atoms with Crippen LogP contribution in [0.5, 0.6) is 0 Å². The molecule has 1 aromatic rings. The maximum atomic E-state index is 11.7. The van der Waals surface area contributed by atoms with Gasteiger partial charge in [0.25, 0.3) is 0 Å². The van der Waals surface area contributed by atoms with Crippen LogP contribution in [0.15, 0.2) is 15.9 Å². The zero-order valence-corrected chi connectivity index (χ0v) is 11.2. The van der Waals surface area contributed by atoms with Crippen molar-refractivity contribution in [2.24, 2.45) is 0 Å². The van der Waals surface area contributed by atoms with Gasteiger partial charge in [-0.15, -0.1) is 23.1 Å². The van der Waals surface area contributed by atoms with Crippen LogP contribution in [0, 0.1) is 0 Å². The van der Waals surface area contributed by atoms with E-state index in [-0.39, 0.29) is 11.9 Å². The van der Waals surface area contributed by atoms with Crippen molar-refractivity contribution in [3.63, 3.8) is 0 Å². The van der Waals surface area contributed by atoms with Gasteiger partial charge in [-0.25, -0.2) is 0 Å². The summed E-state index contributed by atoms with van der Waals surface area (Å²) in [4.78, 5) is 12.8. The summed E-state index contributed by atoms with van der Waals surface area (Å²) in [6.07, 6.45) is 0. The van der Waals surface area contributed by atoms with Gasteiger partial charge >= 0.3 is 0 Å². The van der Waals surface area contributed by atoms with Crippen LogP contribution in [-0.4, -0.2) is 23.6 Å². The highest BCUT2D eigenvalue weighted by molar-refractivity contribution is 9.10. The van der Waals surface area contributed by atoms with Crippen molar-refractivity contribution in [1.82, 2.24) is 10.6 Å². The molecule has 6 heteroatoms. The first kappa shape index (κ1) is 11.4. The fraction of sp³-hybridized carbons (Fsp3) is 0.444. The van der Waals surface area contributed by atoms with Gasteiger partial charge in [-0.1, -0.05) is 0 Å². The van der Waals surface area contributed by atoms with Crippen molar-refractivity contribution in [1.29, 1.82) is 0 Å². The van der Waals surface area contributed by atoms with Gasteiger partial charge in [-0.05, 0) is 27.4 Å². The lowest BCUT2D eigenvalue weighted by Crippen LogP contribution is -2.41. The third-order valence-corrected chi connectivity index (χ3v) is 5.01. The molecule has 1 amide bonds. The largest absolute Gasteiger partial charge is 0.350 e. The monoisotopic (exact) mass is 306 g/mol. The maximum absolute atomic E-state index is 11.7. The van der Waals surface area contributed by atoms with Gasteiger partial charge < -0.3 is 5.32 Å². The summed E-state index contributed by atoms with van der Waals surface area (Å²) < 4.78 is 1.07. The number of thiophene rings is 1. The molecule has 82 valence electrons. The molecule has 2 N–H and O–H groups in total. The van der Waals surface area contributed by atoms with Gasteiger partial charge in [0.2, 0.25) is 5.91 Å². The number of rotatable bonds is 3. The third kappa shape index (κ3) is 2.96. The van der Waals surface area contributed by atoms with Gasteiger partial charge in [-0.2, -0.15) is 0 Å². The van der Waals surface area contributed by atoms with Crippen LogP contribution in [0.3, 0.4) is 0 Å². The van der Waals surface area contributed by atoms with Crippen LogP contribution in [0.4, 0.5) is 0 Å². The average Bonchev–Trinajstić information content (AvgIpc) is 2.85. The third-order valence-electron chi connectivity index (χ3n) is 2.15. The second-order valence-corrected chi connectivity index (χ2v) is 6.07. The number of carbonyl (C=O) groups is 1. The van der Waals surface area contributed by atoms with Crippen molar-refractivity contribution in [3.05, 3.63) is 20.8 Å². The lowest BCUT2D eigenvalue weighted by atomic mass is 10.3. The highest BCUT2D eigenvalue weighted by Crippen LogP contribution is 2.22. The first-order valence-corrected chi connectivity index (χ1v) is 7.41. The first-order valence-electron chi connectivity index (χ1n) is 4.58. The van der Waals surface area contributed by atoms with Crippen LogP contribution in [-0.2, 0) is 11.3 Å². The number of halogens is 1. The Morgan fingerprint density at radius 1 is 1.73 bits per heavy atom. The van der Waals surface area contributed by atoms with Crippen LogP contribution in [0.1, 0.15) is 4.88 Å². The highest BCUT2D eigenvalue weighted by Gasteiger charge is 2.22. The Bertz CT molecular complexity index is 350. The molecule has 3 nitrogen and oxygen atoms in total. The Balaban J connectivity index is 1.83. The number of hydrogen-bond donors (Lipinski definition) is 2. The van der Waals surface area contributed by atoms with E-state index < -0.39 is 0 Å². The van der Waals surface area contributed by atoms with E-state index in [9.17, 15) is 4.79 Å². The predicted octanol–water partition coefficient (Wildman–Crippen LogP) is 1.79. The highest BCUT2D eigenvalue weighted by atomic mass is 79.9. The van der Waals surface area contributed by atoms with Crippen LogP contribution < -0.4 is 10.6 Å². The zero-order chi connectivity index (χ0) is 10.7. The van der Waals surface area contributed by atoms with Crippen molar-refractivity contribution in [2.75, 3.05) is 11.6 Å². The molecule has 1 aliphatic heterocycles. The zero-order valence-electron chi connectivity index (χ0n) is 7.96. The molecule has 0 bridgehead atoms. The standard InChI is InChI=1S/C9H11BrN2OS2/c10-6-1-2-15-8(6)3-11-9(13)7-4-14-5-12-7/h1-2,7,12H,3-5H2,(H,11,13)/t7-/m1/s1. The van der Waals surface area contributed by atoms with Crippen molar-refractivity contribution in [3.8, 4) is 0 Å². The number of nitrogens with one attached hydrogen (secondary N) is 2. The minimum Gasteiger partial charge on any atom is -0.350 e. The molecular formula is C9H11BrN2OS2. The maximum Gasteiger partial charge on any atom is 0.238 e. The lowest BCUT2D eigenvalue weighted by Gasteiger charge is -2.09. The van der Waals surface area contributed by atoms with E-state index in [0.717, 1.165) is 21.0 Å². The second-order valence-electron chi connectivity index (χ2n) is 3.18. The average molecular weight is 307 g/mol. The number of carbonyl (C=O) groups excluding carboxylic acids is 1. The van der Waals surface area contributed by atoms with Gasteiger partial charge in [0.05, 0.1) is 12.6 Å². The molecule has 0 radical (unpaired) electrons. The molecule has 2 heterocycles. The molecule has 1 atom stereocenters. The molecule has 2 rings (SSSR count). The molecule has 0 unspecified atom stereocenters. The minimum absolute atomic E-state index is 0.0197. The smallest absolute Gasteiger partial charge is 0.238 e. The molecule has 1 aromatic heterocycles. The normalized spacial score (nSPS) is 20.5. The Kier molecular flexibility index (Phi) is 4.07. The van der Waals surface area contributed by atoms with Gasteiger partial charge in [0.15, 0.2) is 0 Å². The molecule has 0 aliphatic carbocycles. The molecule has 1 saturated heterocycles. The van der Waals surface area contributed by atoms with Crippen molar-refractivity contribution in [2.45, 2.75) is 12.6 Å². The summed E-state index contributed by atoms with van der Waals surface area (Å²) in [5, 5.41) is 8.09. The molecule has 0 aromatic carbocycles. The summed E-state index contributed by atoms with van der Waals surface area (Å²) >= 11 is 6.84. The van der Waals surface area contributed by atoms with E-state index in [1.165, 1.54) is 0 Å². The van der Waals surface area contributed by atoms with E-state index in [4.69, 9.17) is 0 Å². The molecular weight excluding hydrogens is 296 g/mol. The molecule has 15 heavy (non-hydrogen) atoms. The summed E-state index contributed by atoms with van der Waals surface area (Å²) in [5.41, 5.74) is 0. The summed E-state index contributed by atoms with van der Waals surface area (Å²) in [5.74, 6) is 1.85. The fourth-order valence-electron chi connectivity index (χ4n) is 1.31. The van der Waals surface area contributed by atoms with E-state index >= 15 is 0 Å². The molecule has 0 saturated carbocycles. The summed E-state index contributed by atoms with van der Waals surface area (Å²) in [7, 11) is 0. The van der Waals surface area contributed by atoms with Crippen LogP contribution in [0.25, 0.3) is 0 Å². The van der Waals surface area contributed by atoms with Crippen LogP contribution in [0.2, 0.25) is 0 Å². The number of thioether (sulfide) groups is 1. The Morgan fingerprint density at radius 2 is 2.60 bits per heavy atom. The Labute approximate surface area is 105 Å². The molecule has 1 fully saturated rings. The molecule has 0 spiro atoms. The van der Waals surface area contributed by atoms with Crippen molar-refractivity contribution < 1.29 is 4.79 Å². The van der Waals surface area contributed by atoms with Gasteiger partial charge in [-0.3, -0.25) is 10.1 Å². The fourth-order valence-corrected chi connectivity index (χ4v) is 3.68. The SMILES string of the molecule is O=C(NCc1sccc1Br)[C@H]1CSCN1. The Morgan fingerprint density at radius 3 is 3.20 bits per heavy atom. The second kappa shape index (κ2) is 5.34. The quantitative estimate of drug-likeness (QED) is 0.894. The van der Waals surface area contributed by atoms with E-state index in [2.05, 4.69) is 26.6 Å². The van der Waals surface area contributed by atoms with Gasteiger partial charge in [0, 0.05) is 21.0 Å². The van der Waals surface area contributed by atoms with Crippen LogP contribution >= 0.6 is 39.0 Å². The summed E-state index contributed by atoms with van der Waals surface area (Å²) in [6.45, 7) is 0.611. The van der Waals surface area contributed by atoms with Gasteiger partial charge in [0.1, 0.15) is 0 Å². The first-order chi connectivity index (χ1) is 7.27. The summed E-state index contributed by atoms with van der Waals surface area (Å²) in [6, 6.07) is 1.98. The van der Waals surface area contributed by atoms with E-state index in [1.807, 2.05) is 11.4 Å². The Hall–Kier alpha value is -0.0400. The van der Waals surface area contributed by atoms with E-state index in [0.29, 0.717) is 6.54 Å². The minimum atomic E-state index is -0.0197. The predicted molar refractivity (Wildman–Crippen MR) is 68.1 cm³/mol. The van der Waals surface area contributed by atoms with Crippen molar-refractivity contribution >= 4 is 44.9 Å². The number of amides is 1. The lowest BCUT2D eigenvalue weighted by molar-refractivity contribution is -0.122. The topological polar surface area (TPSA) is 41.1 Å². The molecule has 1 aliphatic rings.